The average molecular weight is 336 g/mol. The number of nitrogens with zero attached hydrogens (tertiary/aromatic N) is 2. The first-order valence-corrected chi connectivity index (χ1v) is 7.67. The molecule has 0 aliphatic carbocycles. The zero-order valence-electron chi connectivity index (χ0n) is 14.5. The molecule has 0 aliphatic heterocycles. The molecular formula is C18H26ClN3O. The number of rotatable bonds is 5. The monoisotopic (exact) mass is 335 g/mol. The van der Waals surface area contributed by atoms with Crippen LogP contribution in [0.25, 0.3) is 12.2 Å². The Kier molecular flexibility index (Phi) is 6.98. The summed E-state index contributed by atoms with van der Waals surface area (Å²) in [6.45, 7) is 8.72. The van der Waals surface area contributed by atoms with Gasteiger partial charge in [-0.25, -0.2) is 0 Å². The Hall–Kier alpha value is -1.65. The van der Waals surface area contributed by atoms with E-state index in [1.807, 2.05) is 19.2 Å². The van der Waals surface area contributed by atoms with Crippen LogP contribution in [0.4, 0.5) is 0 Å². The van der Waals surface area contributed by atoms with Gasteiger partial charge < -0.3 is 9.84 Å². The first-order valence-electron chi connectivity index (χ1n) is 7.67. The fraction of sp³-hybridized carbons (Fsp3) is 0.444. The van der Waals surface area contributed by atoms with E-state index in [2.05, 4.69) is 67.4 Å². The van der Waals surface area contributed by atoms with Gasteiger partial charge in [-0.15, -0.1) is 12.4 Å². The molecule has 1 aromatic carbocycles. The lowest BCUT2D eigenvalue weighted by Crippen LogP contribution is -2.24. The lowest BCUT2D eigenvalue weighted by molar-refractivity contribution is 0.400. The Morgan fingerprint density at radius 3 is 2.39 bits per heavy atom. The molecule has 0 fully saturated rings. The maximum absolute atomic E-state index is 5.23. The predicted octanol–water partition coefficient (Wildman–Crippen LogP) is 4.11. The van der Waals surface area contributed by atoms with Gasteiger partial charge in [0.2, 0.25) is 0 Å². The summed E-state index contributed by atoms with van der Waals surface area (Å²) in [5.41, 5.74) is 2.62. The van der Waals surface area contributed by atoms with Gasteiger partial charge in [-0.1, -0.05) is 50.2 Å². The summed E-state index contributed by atoms with van der Waals surface area (Å²) in [7, 11) is 1.92. The topological polar surface area (TPSA) is 51.0 Å². The van der Waals surface area contributed by atoms with E-state index < -0.39 is 0 Å². The van der Waals surface area contributed by atoms with Gasteiger partial charge in [-0.2, -0.15) is 4.98 Å². The molecular weight excluding hydrogens is 310 g/mol. The molecule has 0 saturated carbocycles. The molecule has 1 aromatic heterocycles. The number of benzene rings is 1. The SMILES string of the molecule is CNC(C)Cc1noc(/C=C/c2ccc(C(C)(C)C)cc2)n1.Cl. The Balaban J connectivity index is 0.00000264. The van der Waals surface area contributed by atoms with Crippen LogP contribution in [0.2, 0.25) is 0 Å². The fourth-order valence-corrected chi connectivity index (χ4v) is 2.06. The molecule has 126 valence electrons. The van der Waals surface area contributed by atoms with E-state index in [9.17, 15) is 0 Å². The third kappa shape index (κ3) is 5.81. The molecule has 4 nitrogen and oxygen atoms in total. The van der Waals surface area contributed by atoms with Crippen molar-refractivity contribution >= 4 is 24.6 Å². The lowest BCUT2D eigenvalue weighted by Gasteiger charge is -2.18. The van der Waals surface area contributed by atoms with E-state index in [-0.39, 0.29) is 17.8 Å². The van der Waals surface area contributed by atoms with Crippen molar-refractivity contribution in [1.29, 1.82) is 0 Å². The van der Waals surface area contributed by atoms with Crippen LogP contribution in [0.3, 0.4) is 0 Å². The van der Waals surface area contributed by atoms with Gasteiger partial charge >= 0.3 is 0 Å². The second-order valence-corrected chi connectivity index (χ2v) is 6.65. The van der Waals surface area contributed by atoms with E-state index in [4.69, 9.17) is 4.52 Å². The first kappa shape index (κ1) is 19.4. The van der Waals surface area contributed by atoms with Crippen LogP contribution in [0.1, 0.15) is 50.5 Å². The number of hydrogen-bond donors (Lipinski definition) is 1. The maximum Gasteiger partial charge on any atom is 0.250 e. The highest BCUT2D eigenvalue weighted by Gasteiger charge is 2.12. The van der Waals surface area contributed by atoms with Crippen molar-refractivity contribution in [3.8, 4) is 0 Å². The van der Waals surface area contributed by atoms with Crippen LogP contribution >= 0.6 is 12.4 Å². The normalized spacial score (nSPS) is 13.1. The van der Waals surface area contributed by atoms with Gasteiger partial charge in [0.05, 0.1) is 0 Å². The molecule has 5 heteroatoms. The van der Waals surface area contributed by atoms with E-state index in [0.29, 0.717) is 11.9 Å². The van der Waals surface area contributed by atoms with Gasteiger partial charge in [0, 0.05) is 18.5 Å². The third-order valence-corrected chi connectivity index (χ3v) is 3.66. The summed E-state index contributed by atoms with van der Waals surface area (Å²) in [6.07, 6.45) is 4.60. The van der Waals surface area contributed by atoms with Crippen LogP contribution in [0, 0.1) is 0 Å². The van der Waals surface area contributed by atoms with Crippen LogP contribution in [-0.4, -0.2) is 23.2 Å². The fourth-order valence-electron chi connectivity index (χ4n) is 2.06. The molecule has 0 amide bonds. The molecule has 1 unspecified atom stereocenters. The highest BCUT2D eigenvalue weighted by atomic mass is 35.5. The molecule has 2 rings (SSSR count). The molecule has 1 N–H and O–H groups in total. The largest absolute Gasteiger partial charge is 0.335 e. The Morgan fingerprint density at radius 1 is 1.17 bits per heavy atom. The minimum absolute atomic E-state index is 0. The minimum atomic E-state index is 0. The number of hydrogen-bond acceptors (Lipinski definition) is 4. The molecule has 1 heterocycles. The third-order valence-electron chi connectivity index (χ3n) is 3.66. The van der Waals surface area contributed by atoms with E-state index in [1.54, 1.807) is 0 Å². The van der Waals surface area contributed by atoms with Crippen molar-refractivity contribution in [2.45, 2.75) is 45.6 Å². The first-order chi connectivity index (χ1) is 10.4. The zero-order chi connectivity index (χ0) is 16.2. The lowest BCUT2D eigenvalue weighted by atomic mass is 9.87. The average Bonchev–Trinajstić information content (AvgIpc) is 2.92. The van der Waals surface area contributed by atoms with Crippen LogP contribution in [-0.2, 0) is 11.8 Å². The molecule has 2 aromatic rings. The van der Waals surface area contributed by atoms with Gasteiger partial charge in [0.15, 0.2) is 5.82 Å². The van der Waals surface area contributed by atoms with E-state index in [1.165, 1.54) is 5.56 Å². The number of aromatic nitrogens is 2. The predicted molar refractivity (Wildman–Crippen MR) is 97.8 cm³/mol. The van der Waals surface area contributed by atoms with Gasteiger partial charge in [0.25, 0.3) is 5.89 Å². The summed E-state index contributed by atoms with van der Waals surface area (Å²) in [5, 5.41) is 7.14. The summed E-state index contributed by atoms with van der Waals surface area (Å²) in [5.74, 6) is 1.27. The Labute approximate surface area is 144 Å². The van der Waals surface area contributed by atoms with Gasteiger partial charge in [-0.3, -0.25) is 0 Å². The quantitative estimate of drug-likeness (QED) is 0.893. The second-order valence-electron chi connectivity index (χ2n) is 6.65. The number of likely N-dealkylation sites (N-methyl/N-ethyl adjacent to an activating group) is 1. The summed E-state index contributed by atoms with van der Waals surface area (Å²) >= 11 is 0. The molecule has 0 bridgehead atoms. The van der Waals surface area contributed by atoms with Crippen molar-refractivity contribution in [2.75, 3.05) is 7.05 Å². The minimum Gasteiger partial charge on any atom is -0.335 e. The number of nitrogens with one attached hydrogen (secondary N) is 1. The van der Waals surface area contributed by atoms with E-state index >= 15 is 0 Å². The highest BCUT2D eigenvalue weighted by Crippen LogP contribution is 2.22. The van der Waals surface area contributed by atoms with Crippen LogP contribution < -0.4 is 5.32 Å². The molecule has 0 aliphatic rings. The standard InChI is InChI=1S/C18H25N3O.ClH/c1-13(19-5)12-16-20-17(22-21-16)11-8-14-6-9-15(10-7-14)18(2,3)4;/h6-11,13,19H,12H2,1-5H3;1H/b11-8+;. The van der Waals surface area contributed by atoms with Gasteiger partial charge in [0.1, 0.15) is 0 Å². The van der Waals surface area contributed by atoms with Crippen LogP contribution in [0.15, 0.2) is 28.8 Å². The molecule has 1 atom stereocenters. The smallest absolute Gasteiger partial charge is 0.250 e. The highest BCUT2D eigenvalue weighted by molar-refractivity contribution is 5.85. The molecule has 0 radical (unpaired) electrons. The van der Waals surface area contributed by atoms with Crippen molar-refractivity contribution in [2.24, 2.45) is 0 Å². The summed E-state index contributed by atoms with van der Waals surface area (Å²) in [4.78, 5) is 4.37. The van der Waals surface area contributed by atoms with Crippen molar-refractivity contribution in [1.82, 2.24) is 15.5 Å². The Bertz CT molecular complexity index is 626. The molecule has 0 spiro atoms. The second kappa shape index (κ2) is 8.27. The summed E-state index contributed by atoms with van der Waals surface area (Å²) < 4.78 is 5.23. The maximum atomic E-state index is 5.23. The number of halogens is 1. The van der Waals surface area contributed by atoms with Crippen molar-refractivity contribution in [3.63, 3.8) is 0 Å². The van der Waals surface area contributed by atoms with Crippen LogP contribution in [0.5, 0.6) is 0 Å². The van der Waals surface area contributed by atoms with Crippen molar-refractivity contribution < 1.29 is 4.52 Å². The van der Waals surface area contributed by atoms with E-state index in [0.717, 1.165) is 17.8 Å². The van der Waals surface area contributed by atoms with Gasteiger partial charge in [-0.05, 0) is 36.6 Å². The Morgan fingerprint density at radius 2 is 1.83 bits per heavy atom. The molecule has 0 saturated heterocycles. The zero-order valence-corrected chi connectivity index (χ0v) is 15.3. The van der Waals surface area contributed by atoms with Crippen molar-refractivity contribution in [3.05, 3.63) is 47.1 Å². The molecule has 23 heavy (non-hydrogen) atoms. The summed E-state index contributed by atoms with van der Waals surface area (Å²) in [6, 6.07) is 8.87.